The number of hydrogen-bond donors (Lipinski definition) is 2. The fourth-order valence-corrected chi connectivity index (χ4v) is 4.84. The van der Waals surface area contributed by atoms with Gasteiger partial charge in [-0.25, -0.2) is 4.79 Å². The number of aromatic nitrogens is 2. The van der Waals surface area contributed by atoms with Crippen molar-refractivity contribution < 1.29 is 23.4 Å². The molecule has 0 saturated heterocycles. The maximum atomic E-state index is 12.2. The topological polar surface area (TPSA) is 93.8 Å². The number of aryl methyl sites for hydroxylation is 2. The molecule has 4 rings (SSSR count). The number of carbonyl (C=O) groups is 1. The van der Waals surface area contributed by atoms with Crippen LogP contribution in [0, 0.1) is 0 Å². The highest BCUT2D eigenvalue weighted by atomic mass is 32.3. The van der Waals surface area contributed by atoms with E-state index >= 15 is 0 Å². The van der Waals surface area contributed by atoms with E-state index in [1.54, 1.807) is 42.9 Å². The van der Waals surface area contributed by atoms with Gasteiger partial charge in [0.25, 0.3) is 0 Å². The van der Waals surface area contributed by atoms with Crippen LogP contribution >= 0.6 is 10.6 Å². The molecule has 1 aromatic heterocycles. The molecule has 2 N–H and O–H groups in total. The highest BCUT2D eigenvalue weighted by Crippen LogP contribution is 2.55. The van der Waals surface area contributed by atoms with Crippen LogP contribution in [0.5, 0.6) is 11.5 Å². The smallest absolute Gasteiger partial charge is 0.338 e. The van der Waals surface area contributed by atoms with Crippen LogP contribution in [-0.2, 0) is 18.2 Å². The maximum Gasteiger partial charge on any atom is 0.338 e. The molecule has 0 saturated carbocycles. The summed E-state index contributed by atoms with van der Waals surface area (Å²) >= 11 is 0. The monoisotopic (exact) mass is 388 g/mol. The van der Waals surface area contributed by atoms with Crippen LogP contribution in [-0.4, -0.2) is 37.2 Å². The molecular formula is C19H20N2O5S. The Morgan fingerprint density at radius 1 is 1.30 bits per heavy atom. The van der Waals surface area contributed by atoms with E-state index in [2.05, 4.69) is 5.10 Å². The lowest BCUT2D eigenvalue weighted by Crippen LogP contribution is -2.04. The van der Waals surface area contributed by atoms with Crippen molar-refractivity contribution in [2.24, 2.45) is 7.05 Å². The molecule has 8 heteroatoms. The minimum Gasteiger partial charge on any atom is -0.462 e. The molecule has 7 nitrogen and oxygen atoms in total. The van der Waals surface area contributed by atoms with Crippen molar-refractivity contribution >= 4 is 27.5 Å². The number of ether oxygens (including phenoxy) is 2. The molecule has 142 valence electrons. The van der Waals surface area contributed by atoms with Gasteiger partial charge in [-0.3, -0.25) is 13.8 Å². The summed E-state index contributed by atoms with van der Waals surface area (Å²) in [6, 6.07) is 8.54. The van der Waals surface area contributed by atoms with Gasteiger partial charge in [-0.05, 0) is 49.2 Å². The minimum atomic E-state index is -2.68. The molecule has 0 spiro atoms. The lowest BCUT2D eigenvalue weighted by molar-refractivity contribution is 0.0526. The average Bonchev–Trinajstić information content (AvgIpc) is 3.14. The first-order valence-corrected chi connectivity index (χ1v) is 10.3. The molecule has 27 heavy (non-hydrogen) atoms. The van der Waals surface area contributed by atoms with Gasteiger partial charge in [-0.2, -0.15) is 15.7 Å². The average molecular weight is 388 g/mol. The van der Waals surface area contributed by atoms with Gasteiger partial charge in [0.2, 0.25) is 0 Å². The van der Waals surface area contributed by atoms with E-state index in [1.807, 2.05) is 12.3 Å². The summed E-state index contributed by atoms with van der Waals surface area (Å²) < 4.78 is 32.9. The predicted octanol–water partition coefficient (Wildman–Crippen LogP) is 4.21. The van der Waals surface area contributed by atoms with Gasteiger partial charge in [0.05, 0.1) is 28.0 Å². The summed E-state index contributed by atoms with van der Waals surface area (Å²) in [6.45, 7) is 2.04. The molecule has 0 aliphatic carbocycles. The fraction of sp³-hybridized carbons (Fsp3) is 0.263. The van der Waals surface area contributed by atoms with Crippen LogP contribution < -0.4 is 4.74 Å². The van der Waals surface area contributed by atoms with Gasteiger partial charge in [0.15, 0.2) is 0 Å². The van der Waals surface area contributed by atoms with Crippen molar-refractivity contribution in [3.8, 4) is 11.5 Å². The second-order valence-corrected chi connectivity index (χ2v) is 8.60. The van der Waals surface area contributed by atoms with Crippen molar-refractivity contribution in [1.29, 1.82) is 0 Å². The van der Waals surface area contributed by atoms with Crippen molar-refractivity contribution in [1.82, 2.24) is 9.78 Å². The van der Waals surface area contributed by atoms with Crippen molar-refractivity contribution in [3.63, 3.8) is 0 Å². The Labute approximate surface area is 157 Å². The molecule has 1 aliphatic heterocycles. The summed E-state index contributed by atoms with van der Waals surface area (Å²) in [6.07, 6.45) is 2.42. The number of carbonyl (C=O) groups excluding carboxylic acids is 1. The van der Waals surface area contributed by atoms with Gasteiger partial charge < -0.3 is 9.47 Å². The van der Waals surface area contributed by atoms with Crippen LogP contribution in [0.2, 0.25) is 0 Å². The van der Waals surface area contributed by atoms with Crippen LogP contribution in [0.15, 0.2) is 41.4 Å². The summed E-state index contributed by atoms with van der Waals surface area (Å²) in [4.78, 5) is 12.7. The Bertz CT molecular complexity index is 1040. The van der Waals surface area contributed by atoms with E-state index in [4.69, 9.17) is 9.47 Å². The third-order valence-electron chi connectivity index (χ3n) is 4.48. The quantitative estimate of drug-likeness (QED) is 0.651. The first kappa shape index (κ1) is 17.8. The van der Waals surface area contributed by atoms with E-state index in [0.717, 1.165) is 10.9 Å². The Morgan fingerprint density at radius 3 is 2.89 bits per heavy atom. The zero-order valence-corrected chi connectivity index (χ0v) is 15.8. The molecule has 0 fully saturated rings. The minimum absolute atomic E-state index is 0.284. The SMILES string of the molecule is CCOC(=O)c1cc(Oc2ccc3c(c2)CCS3(O)O)c2cn(C)nc2c1. The molecule has 2 aromatic carbocycles. The Hall–Kier alpha value is -2.55. The van der Waals surface area contributed by atoms with Crippen LogP contribution in [0.3, 0.4) is 0 Å². The Kier molecular flexibility index (Phi) is 4.33. The second kappa shape index (κ2) is 6.56. The Balaban J connectivity index is 1.74. The van der Waals surface area contributed by atoms with Crippen molar-refractivity contribution in [2.45, 2.75) is 18.2 Å². The molecule has 1 aliphatic rings. The van der Waals surface area contributed by atoms with E-state index in [-0.39, 0.29) is 6.61 Å². The van der Waals surface area contributed by atoms with Gasteiger partial charge in [0.1, 0.15) is 11.5 Å². The van der Waals surface area contributed by atoms with E-state index < -0.39 is 16.6 Å². The maximum absolute atomic E-state index is 12.2. The third kappa shape index (κ3) is 3.27. The number of esters is 1. The van der Waals surface area contributed by atoms with Crippen LogP contribution in [0.25, 0.3) is 10.9 Å². The fourth-order valence-electron chi connectivity index (χ4n) is 3.25. The molecular weight excluding hydrogens is 368 g/mol. The lowest BCUT2D eigenvalue weighted by atomic mass is 10.1. The molecule has 2 heterocycles. The number of benzene rings is 2. The molecule has 0 unspecified atom stereocenters. The summed E-state index contributed by atoms with van der Waals surface area (Å²) in [7, 11) is -0.881. The summed E-state index contributed by atoms with van der Waals surface area (Å²) in [5.74, 6) is 0.972. The summed E-state index contributed by atoms with van der Waals surface area (Å²) in [5, 5.41) is 5.14. The van der Waals surface area contributed by atoms with Gasteiger partial charge >= 0.3 is 5.97 Å². The first-order valence-electron chi connectivity index (χ1n) is 8.58. The predicted molar refractivity (Wildman–Crippen MR) is 103 cm³/mol. The van der Waals surface area contributed by atoms with Gasteiger partial charge in [0, 0.05) is 19.0 Å². The highest BCUT2D eigenvalue weighted by molar-refractivity contribution is 8.24. The van der Waals surface area contributed by atoms with Gasteiger partial charge in [-0.1, -0.05) is 0 Å². The third-order valence-corrected chi connectivity index (χ3v) is 6.36. The number of nitrogens with zero attached hydrogens (tertiary/aromatic N) is 2. The van der Waals surface area contributed by atoms with Crippen molar-refractivity contribution in [3.05, 3.63) is 47.7 Å². The van der Waals surface area contributed by atoms with E-state index in [9.17, 15) is 13.9 Å². The molecule has 3 aromatic rings. The number of rotatable bonds is 4. The van der Waals surface area contributed by atoms with Crippen LogP contribution in [0.1, 0.15) is 22.8 Å². The second-order valence-electron chi connectivity index (χ2n) is 6.42. The van der Waals surface area contributed by atoms with E-state index in [0.29, 0.717) is 39.6 Å². The number of hydrogen-bond acceptors (Lipinski definition) is 6. The summed E-state index contributed by atoms with van der Waals surface area (Å²) in [5.41, 5.74) is 1.87. The highest BCUT2D eigenvalue weighted by Gasteiger charge is 2.27. The first-order chi connectivity index (χ1) is 12.9. The lowest BCUT2D eigenvalue weighted by Gasteiger charge is -2.27. The molecule has 0 bridgehead atoms. The molecule has 0 radical (unpaired) electrons. The standard InChI is InChI=1S/C19H20N2O5S/c1-3-25-19(22)13-9-16-15(11-21(2)20-16)17(10-13)26-14-4-5-18-12(8-14)6-7-27(18,23)24/h4-5,8-11,23-24H,3,6-7H2,1-2H3. The zero-order valence-electron chi connectivity index (χ0n) is 15.0. The van der Waals surface area contributed by atoms with E-state index in [1.165, 1.54) is 0 Å². The molecule has 0 amide bonds. The number of fused-ring (bicyclic) bond motifs is 2. The normalized spacial score (nSPS) is 16.1. The Morgan fingerprint density at radius 2 is 2.11 bits per heavy atom. The van der Waals surface area contributed by atoms with Gasteiger partial charge in [-0.15, -0.1) is 0 Å². The van der Waals surface area contributed by atoms with Crippen LogP contribution in [0.4, 0.5) is 0 Å². The van der Waals surface area contributed by atoms with Crippen molar-refractivity contribution in [2.75, 3.05) is 12.4 Å². The molecule has 0 atom stereocenters. The largest absolute Gasteiger partial charge is 0.462 e. The zero-order chi connectivity index (χ0) is 19.2.